The van der Waals surface area contributed by atoms with E-state index >= 15 is 0 Å². The Kier molecular flexibility index (Phi) is 3.39. The van der Waals surface area contributed by atoms with Gasteiger partial charge in [-0.2, -0.15) is 5.10 Å². The van der Waals surface area contributed by atoms with Gasteiger partial charge in [0.2, 0.25) is 0 Å². The van der Waals surface area contributed by atoms with E-state index in [0.717, 1.165) is 23.7 Å². The number of hydrogen-bond donors (Lipinski definition) is 0. The van der Waals surface area contributed by atoms with Crippen LogP contribution in [-0.2, 0) is 9.84 Å². The van der Waals surface area contributed by atoms with Gasteiger partial charge in [0, 0.05) is 12.5 Å². The Morgan fingerprint density at radius 3 is 2.81 bits per heavy atom. The lowest BCUT2D eigenvalue weighted by Gasteiger charge is -2.28. The fourth-order valence-corrected chi connectivity index (χ4v) is 3.73. The van der Waals surface area contributed by atoms with E-state index in [-0.39, 0.29) is 11.3 Å². The lowest BCUT2D eigenvalue weighted by molar-refractivity contribution is 0.329. The molecule has 4 nitrogen and oxygen atoms in total. The van der Waals surface area contributed by atoms with Crippen molar-refractivity contribution >= 4 is 25.8 Å². The third-order valence-corrected chi connectivity index (χ3v) is 5.20. The smallest absolute Gasteiger partial charge is 0.150 e. The Morgan fingerprint density at radius 1 is 1.50 bits per heavy atom. The Morgan fingerprint density at radius 2 is 2.25 bits per heavy atom. The van der Waals surface area contributed by atoms with Gasteiger partial charge in [-0.05, 0) is 35.2 Å². The van der Waals surface area contributed by atoms with Crippen LogP contribution in [0.2, 0.25) is 0 Å². The van der Waals surface area contributed by atoms with E-state index in [4.69, 9.17) is 0 Å². The summed E-state index contributed by atoms with van der Waals surface area (Å²) in [6.45, 7) is 0. The monoisotopic (exact) mass is 306 g/mol. The maximum atomic E-state index is 11.5. The molecule has 1 aliphatic rings. The Balaban J connectivity index is 2.13. The fraction of sp³-hybridized carbons (Fsp3) is 0.700. The summed E-state index contributed by atoms with van der Waals surface area (Å²) in [4.78, 5) is 0. The van der Waals surface area contributed by atoms with Gasteiger partial charge in [0.25, 0.3) is 0 Å². The third kappa shape index (κ3) is 2.66. The van der Waals surface area contributed by atoms with Crippen LogP contribution in [0, 0.1) is 0 Å². The average Bonchev–Trinajstić information content (AvgIpc) is 2.64. The second-order valence-electron chi connectivity index (χ2n) is 4.41. The van der Waals surface area contributed by atoms with Gasteiger partial charge < -0.3 is 0 Å². The minimum atomic E-state index is -2.91. The molecule has 2 atom stereocenters. The van der Waals surface area contributed by atoms with Crippen LogP contribution in [-0.4, -0.2) is 29.7 Å². The van der Waals surface area contributed by atoms with E-state index in [1.807, 2.05) is 10.9 Å². The highest BCUT2D eigenvalue weighted by molar-refractivity contribution is 9.10. The number of aromatic nitrogens is 2. The normalized spacial score (nSPS) is 26.9. The molecule has 0 aliphatic heterocycles. The van der Waals surface area contributed by atoms with Crippen LogP contribution in [0.15, 0.2) is 16.9 Å². The summed E-state index contributed by atoms with van der Waals surface area (Å²) in [5, 5.41) is 4.03. The Labute approximate surface area is 104 Å². The van der Waals surface area contributed by atoms with Gasteiger partial charge in [-0.25, -0.2) is 8.42 Å². The fourth-order valence-electron chi connectivity index (χ4n) is 2.26. The summed E-state index contributed by atoms with van der Waals surface area (Å²) in [7, 11) is -2.91. The summed E-state index contributed by atoms with van der Waals surface area (Å²) in [6.07, 6.45) is 8.43. The zero-order valence-electron chi connectivity index (χ0n) is 9.13. The topological polar surface area (TPSA) is 52.0 Å². The van der Waals surface area contributed by atoms with Crippen molar-refractivity contribution in [3.8, 4) is 0 Å². The quantitative estimate of drug-likeness (QED) is 0.841. The largest absolute Gasteiger partial charge is 0.268 e. The first-order chi connectivity index (χ1) is 7.47. The van der Waals surface area contributed by atoms with Crippen molar-refractivity contribution in [2.24, 2.45) is 0 Å². The van der Waals surface area contributed by atoms with Crippen molar-refractivity contribution in [3.63, 3.8) is 0 Å². The van der Waals surface area contributed by atoms with Crippen LogP contribution in [0.25, 0.3) is 0 Å². The Hall–Kier alpha value is -0.360. The van der Waals surface area contributed by atoms with E-state index in [1.54, 1.807) is 6.20 Å². The summed E-state index contributed by atoms with van der Waals surface area (Å²) in [5.74, 6) is 0. The predicted molar refractivity (Wildman–Crippen MR) is 66.1 cm³/mol. The van der Waals surface area contributed by atoms with E-state index in [0.29, 0.717) is 6.42 Å². The summed E-state index contributed by atoms with van der Waals surface area (Å²) >= 11 is 3.35. The second-order valence-corrected chi connectivity index (χ2v) is 7.65. The maximum absolute atomic E-state index is 11.5. The van der Waals surface area contributed by atoms with E-state index in [2.05, 4.69) is 21.0 Å². The predicted octanol–water partition coefficient (Wildman–Crippen LogP) is 2.17. The van der Waals surface area contributed by atoms with Crippen molar-refractivity contribution in [3.05, 3.63) is 16.9 Å². The molecule has 2 unspecified atom stereocenters. The van der Waals surface area contributed by atoms with Crippen molar-refractivity contribution < 1.29 is 8.42 Å². The number of hydrogen-bond acceptors (Lipinski definition) is 3. The van der Waals surface area contributed by atoms with Gasteiger partial charge in [0.1, 0.15) is 9.84 Å². The first-order valence-corrected chi connectivity index (χ1v) is 8.10. The molecule has 16 heavy (non-hydrogen) atoms. The molecule has 0 bridgehead atoms. The van der Waals surface area contributed by atoms with Crippen molar-refractivity contribution in [2.75, 3.05) is 6.26 Å². The minimum absolute atomic E-state index is 0.200. The molecule has 0 amide bonds. The van der Waals surface area contributed by atoms with Crippen LogP contribution < -0.4 is 0 Å². The van der Waals surface area contributed by atoms with Gasteiger partial charge in [0.05, 0.1) is 22.0 Å². The minimum Gasteiger partial charge on any atom is -0.268 e. The number of nitrogens with zero attached hydrogens (tertiary/aromatic N) is 2. The van der Waals surface area contributed by atoms with Gasteiger partial charge in [-0.3, -0.25) is 4.68 Å². The van der Waals surface area contributed by atoms with Gasteiger partial charge in [-0.1, -0.05) is 6.42 Å². The molecule has 1 heterocycles. The molecular weight excluding hydrogens is 292 g/mol. The zero-order valence-corrected chi connectivity index (χ0v) is 11.5. The summed E-state index contributed by atoms with van der Waals surface area (Å²) < 4.78 is 25.9. The molecule has 1 aliphatic carbocycles. The second kappa shape index (κ2) is 4.49. The van der Waals surface area contributed by atoms with Crippen LogP contribution >= 0.6 is 15.9 Å². The van der Waals surface area contributed by atoms with E-state index < -0.39 is 9.84 Å². The molecule has 0 saturated heterocycles. The molecule has 6 heteroatoms. The first-order valence-electron chi connectivity index (χ1n) is 5.35. The zero-order chi connectivity index (χ0) is 11.8. The van der Waals surface area contributed by atoms with Crippen LogP contribution in [0.5, 0.6) is 0 Å². The lowest BCUT2D eigenvalue weighted by atomic mass is 9.95. The third-order valence-electron chi connectivity index (χ3n) is 3.15. The van der Waals surface area contributed by atoms with E-state index in [1.165, 1.54) is 6.26 Å². The lowest BCUT2D eigenvalue weighted by Crippen LogP contribution is -2.29. The molecule has 90 valence electrons. The van der Waals surface area contributed by atoms with Crippen LogP contribution in [0.1, 0.15) is 31.7 Å². The highest BCUT2D eigenvalue weighted by Crippen LogP contribution is 2.31. The van der Waals surface area contributed by atoms with Crippen LogP contribution in [0.4, 0.5) is 0 Å². The van der Waals surface area contributed by atoms with Gasteiger partial charge in [-0.15, -0.1) is 0 Å². The van der Waals surface area contributed by atoms with Crippen molar-refractivity contribution in [1.82, 2.24) is 9.78 Å². The highest BCUT2D eigenvalue weighted by Gasteiger charge is 2.29. The molecule has 1 aromatic heterocycles. The number of rotatable bonds is 2. The maximum Gasteiger partial charge on any atom is 0.150 e. The number of sulfone groups is 1. The molecule has 0 spiro atoms. The first kappa shape index (κ1) is 12.1. The van der Waals surface area contributed by atoms with Crippen LogP contribution in [0.3, 0.4) is 0 Å². The van der Waals surface area contributed by atoms with E-state index in [9.17, 15) is 8.42 Å². The highest BCUT2D eigenvalue weighted by atomic mass is 79.9. The molecule has 2 rings (SSSR count). The summed E-state index contributed by atoms with van der Waals surface area (Å²) in [6, 6.07) is 0.222. The molecule has 1 saturated carbocycles. The molecule has 1 fully saturated rings. The standard InChI is InChI=1S/C10H15BrN2O2S/c1-16(14,15)10-4-2-3-9(5-10)13-7-8(11)6-12-13/h6-7,9-10H,2-5H2,1H3. The number of halogens is 1. The van der Waals surface area contributed by atoms with Crippen molar-refractivity contribution in [1.29, 1.82) is 0 Å². The SMILES string of the molecule is CS(=O)(=O)C1CCCC(n2cc(Br)cn2)C1. The molecule has 0 aromatic carbocycles. The Bertz CT molecular complexity index is 469. The summed E-state index contributed by atoms with van der Waals surface area (Å²) in [5.41, 5.74) is 0. The molecule has 0 radical (unpaired) electrons. The van der Waals surface area contributed by atoms with Crippen molar-refractivity contribution in [2.45, 2.75) is 37.0 Å². The molecular formula is C10H15BrN2O2S. The van der Waals surface area contributed by atoms with Gasteiger partial charge in [0.15, 0.2) is 0 Å². The van der Waals surface area contributed by atoms with Gasteiger partial charge >= 0.3 is 0 Å². The molecule has 0 N–H and O–H groups in total. The molecule has 1 aromatic rings. The average molecular weight is 307 g/mol.